The van der Waals surface area contributed by atoms with E-state index in [-0.39, 0.29) is 19.1 Å². The molecule has 1 aromatic rings. The summed E-state index contributed by atoms with van der Waals surface area (Å²) in [6, 6.07) is 6.30. The molecule has 0 saturated heterocycles. The van der Waals surface area contributed by atoms with Crippen LogP contribution in [0.3, 0.4) is 0 Å². The third-order valence-corrected chi connectivity index (χ3v) is 4.98. The molecule has 1 aromatic carbocycles. The molecular formula is C19H22ClN3O4. The highest BCUT2D eigenvalue weighted by atomic mass is 35.5. The van der Waals surface area contributed by atoms with Crippen molar-refractivity contribution in [2.75, 3.05) is 18.1 Å². The van der Waals surface area contributed by atoms with Crippen LogP contribution in [0.25, 0.3) is 0 Å². The van der Waals surface area contributed by atoms with Gasteiger partial charge < -0.3 is 4.74 Å². The Hall–Kier alpha value is -2.41. The summed E-state index contributed by atoms with van der Waals surface area (Å²) in [5.41, 5.74) is 1.79. The Kier molecular flexibility index (Phi) is 6.11. The lowest BCUT2D eigenvalue weighted by Crippen LogP contribution is -2.43. The number of imide groups is 1. The number of hydrazone groups is 1. The molecule has 0 spiro atoms. The monoisotopic (exact) mass is 391 g/mol. The van der Waals surface area contributed by atoms with E-state index in [0.29, 0.717) is 17.0 Å². The molecule has 0 atom stereocenters. The van der Waals surface area contributed by atoms with Crippen molar-refractivity contribution in [3.05, 3.63) is 29.8 Å². The molecular weight excluding hydrogens is 370 g/mol. The van der Waals surface area contributed by atoms with Gasteiger partial charge in [-0.15, -0.1) is 0 Å². The summed E-state index contributed by atoms with van der Waals surface area (Å²) < 4.78 is 4.95. The molecule has 0 aromatic heterocycles. The highest BCUT2D eigenvalue weighted by Gasteiger charge is 2.36. The van der Waals surface area contributed by atoms with Crippen LogP contribution in [0.2, 0.25) is 0 Å². The number of hydrogen-bond acceptors (Lipinski definition) is 5. The first-order valence-corrected chi connectivity index (χ1v) is 9.55. The summed E-state index contributed by atoms with van der Waals surface area (Å²) in [6.45, 7) is 1.50. The molecule has 1 aliphatic carbocycles. The second-order valence-electron chi connectivity index (χ2n) is 6.57. The maximum atomic E-state index is 12.9. The first-order chi connectivity index (χ1) is 13.0. The van der Waals surface area contributed by atoms with E-state index in [9.17, 15) is 14.4 Å². The van der Waals surface area contributed by atoms with Crippen LogP contribution in [-0.2, 0) is 9.53 Å². The Labute approximate surface area is 162 Å². The van der Waals surface area contributed by atoms with Crippen LogP contribution in [0.15, 0.2) is 29.4 Å². The highest BCUT2D eigenvalue weighted by Crippen LogP contribution is 2.34. The number of halogens is 1. The van der Waals surface area contributed by atoms with Gasteiger partial charge in [0.2, 0.25) is 0 Å². The molecule has 0 bridgehead atoms. The van der Waals surface area contributed by atoms with Gasteiger partial charge in [0.15, 0.2) is 0 Å². The van der Waals surface area contributed by atoms with E-state index in [1.807, 2.05) is 12.1 Å². The number of esters is 1. The van der Waals surface area contributed by atoms with Gasteiger partial charge in [0.1, 0.15) is 6.54 Å². The number of fused-ring (bicyclic) bond motifs is 1. The molecule has 27 heavy (non-hydrogen) atoms. The fourth-order valence-corrected chi connectivity index (χ4v) is 3.77. The second-order valence-corrected chi connectivity index (χ2v) is 6.89. The lowest BCUT2D eigenvalue weighted by Gasteiger charge is -2.24. The average molecular weight is 392 g/mol. The van der Waals surface area contributed by atoms with E-state index < -0.39 is 17.4 Å². The smallest absolute Gasteiger partial charge is 0.353 e. The minimum atomic E-state index is -0.943. The van der Waals surface area contributed by atoms with E-state index in [0.717, 1.165) is 35.6 Å². The number of hydrogen-bond donors (Lipinski definition) is 0. The van der Waals surface area contributed by atoms with E-state index in [1.165, 1.54) is 6.42 Å². The number of para-hydroxylation sites is 1. The minimum Gasteiger partial charge on any atom is -0.465 e. The summed E-state index contributed by atoms with van der Waals surface area (Å²) >= 11 is 5.72. The van der Waals surface area contributed by atoms with Gasteiger partial charge in [0, 0.05) is 11.5 Å². The number of ether oxygens (including phenoxy) is 1. The van der Waals surface area contributed by atoms with Crippen molar-refractivity contribution < 1.29 is 19.1 Å². The van der Waals surface area contributed by atoms with Crippen molar-refractivity contribution in [1.82, 2.24) is 5.01 Å². The summed E-state index contributed by atoms with van der Waals surface area (Å²) in [5, 5.41) is 4.57. The van der Waals surface area contributed by atoms with Gasteiger partial charge >= 0.3 is 17.4 Å². The number of amides is 3. The zero-order valence-corrected chi connectivity index (χ0v) is 15.9. The second kappa shape index (κ2) is 8.52. The van der Waals surface area contributed by atoms with Crippen LogP contribution in [0.5, 0.6) is 0 Å². The molecule has 144 valence electrons. The van der Waals surface area contributed by atoms with Crippen LogP contribution < -0.4 is 4.90 Å². The number of nitrogens with zero attached hydrogens (tertiary/aromatic N) is 3. The van der Waals surface area contributed by atoms with Crippen molar-refractivity contribution in [2.45, 2.75) is 39.0 Å². The van der Waals surface area contributed by atoms with Gasteiger partial charge in [0.05, 0.1) is 18.0 Å². The third-order valence-electron chi connectivity index (χ3n) is 4.81. The van der Waals surface area contributed by atoms with Crippen LogP contribution in [0, 0.1) is 5.92 Å². The largest absolute Gasteiger partial charge is 0.465 e. The molecule has 0 radical (unpaired) electrons. The first kappa shape index (κ1) is 19.4. The Bertz CT molecular complexity index is 774. The van der Waals surface area contributed by atoms with E-state index in [2.05, 4.69) is 5.10 Å². The molecule has 2 aliphatic rings. The van der Waals surface area contributed by atoms with Gasteiger partial charge in [0.25, 0.3) is 0 Å². The predicted molar refractivity (Wildman–Crippen MR) is 102 cm³/mol. The molecule has 3 amide bonds. The van der Waals surface area contributed by atoms with Gasteiger partial charge in [-0.1, -0.05) is 37.5 Å². The summed E-state index contributed by atoms with van der Waals surface area (Å²) in [5.74, 6) is -0.437. The van der Waals surface area contributed by atoms with Crippen LogP contribution in [0.1, 0.15) is 44.6 Å². The van der Waals surface area contributed by atoms with E-state index >= 15 is 0 Å². The van der Waals surface area contributed by atoms with Gasteiger partial charge in [-0.2, -0.15) is 5.10 Å². The van der Waals surface area contributed by atoms with E-state index in [1.54, 1.807) is 19.1 Å². The van der Waals surface area contributed by atoms with Crippen LogP contribution in [0.4, 0.5) is 15.3 Å². The van der Waals surface area contributed by atoms with Crippen LogP contribution >= 0.6 is 11.6 Å². The molecule has 0 unspecified atom stereocenters. The molecule has 3 rings (SSSR count). The zero-order chi connectivity index (χ0) is 19.4. The number of anilines is 1. The van der Waals surface area contributed by atoms with Gasteiger partial charge in [-0.3, -0.25) is 9.59 Å². The number of carbonyl (C=O) groups excluding carboxylic acids is 3. The average Bonchev–Trinajstić information content (AvgIpc) is 2.77. The highest BCUT2D eigenvalue weighted by molar-refractivity contribution is 6.68. The lowest BCUT2D eigenvalue weighted by atomic mass is 9.83. The van der Waals surface area contributed by atoms with Gasteiger partial charge in [-0.25, -0.2) is 14.7 Å². The van der Waals surface area contributed by atoms with Gasteiger partial charge in [-0.05, 0) is 37.4 Å². The standard InChI is InChI=1S/C19H22ClN3O4/c1-2-27-16(24)12-22-19(26)23(18(20)25)15-11-7-6-10-14(15)17(21-22)13-8-4-3-5-9-13/h6-7,10-11,13H,2-5,8-9,12H2,1H3. The maximum Gasteiger partial charge on any atom is 0.353 e. The Morgan fingerprint density at radius 3 is 2.59 bits per heavy atom. The molecule has 1 fully saturated rings. The van der Waals surface area contributed by atoms with Crippen molar-refractivity contribution in [1.29, 1.82) is 0 Å². The SMILES string of the molecule is CCOC(=O)CN1N=C(C2CCCCC2)c2ccccc2N(C(=O)Cl)C1=O. The topological polar surface area (TPSA) is 79.3 Å². The quantitative estimate of drug-likeness (QED) is 0.439. The molecule has 0 N–H and O–H groups in total. The molecule has 1 saturated carbocycles. The number of carbonyl (C=O) groups is 3. The fourth-order valence-electron chi connectivity index (χ4n) is 3.61. The van der Waals surface area contributed by atoms with Crippen molar-refractivity contribution in [3.8, 4) is 0 Å². The summed E-state index contributed by atoms with van der Waals surface area (Å²) in [4.78, 5) is 37.8. The third kappa shape index (κ3) is 4.13. The first-order valence-electron chi connectivity index (χ1n) is 9.17. The predicted octanol–water partition coefficient (Wildman–Crippen LogP) is 4.13. The maximum absolute atomic E-state index is 12.9. The minimum absolute atomic E-state index is 0.155. The molecule has 1 heterocycles. The fraction of sp³-hybridized carbons (Fsp3) is 0.474. The number of rotatable bonds is 4. The number of urea groups is 1. The van der Waals surface area contributed by atoms with Crippen molar-refractivity contribution >= 4 is 40.4 Å². The van der Waals surface area contributed by atoms with E-state index in [4.69, 9.17) is 16.3 Å². The van der Waals surface area contributed by atoms with Crippen molar-refractivity contribution in [3.63, 3.8) is 0 Å². The van der Waals surface area contributed by atoms with Crippen molar-refractivity contribution in [2.24, 2.45) is 11.0 Å². The Morgan fingerprint density at radius 2 is 1.93 bits per heavy atom. The zero-order valence-electron chi connectivity index (χ0n) is 15.2. The Balaban J connectivity index is 2.08. The number of benzene rings is 1. The normalized spacial score (nSPS) is 17.9. The lowest BCUT2D eigenvalue weighted by molar-refractivity contribution is -0.143. The molecule has 8 heteroatoms. The molecule has 1 aliphatic heterocycles. The summed E-state index contributed by atoms with van der Waals surface area (Å²) in [6.07, 6.45) is 5.22. The molecule has 7 nitrogen and oxygen atoms in total. The van der Waals surface area contributed by atoms with Crippen LogP contribution in [-0.4, -0.2) is 41.2 Å². The summed E-state index contributed by atoms with van der Waals surface area (Å²) in [7, 11) is 0. The Morgan fingerprint density at radius 1 is 1.22 bits per heavy atom.